The number of rotatable bonds is 6. The second-order valence-corrected chi connectivity index (χ2v) is 8.82. The zero-order valence-corrected chi connectivity index (χ0v) is 19.6. The smallest absolute Gasteiger partial charge is 0.421 e. The van der Waals surface area contributed by atoms with Crippen LogP contribution in [0.1, 0.15) is 50.3 Å². The summed E-state index contributed by atoms with van der Waals surface area (Å²) in [6.07, 6.45) is 2.24. The first kappa shape index (κ1) is 22.5. The van der Waals surface area contributed by atoms with Crippen molar-refractivity contribution in [1.82, 2.24) is 19.4 Å². The van der Waals surface area contributed by atoms with E-state index in [2.05, 4.69) is 42.2 Å². The van der Waals surface area contributed by atoms with Gasteiger partial charge in [-0.2, -0.15) is 0 Å². The summed E-state index contributed by atoms with van der Waals surface area (Å²) in [7, 11) is 0. The van der Waals surface area contributed by atoms with Gasteiger partial charge in [-0.25, -0.2) is 14.3 Å². The lowest BCUT2D eigenvalue weighted by Crippen LogP contribution is -2.27. The first-order valence-electron chi connectivity index (χ1n) is 8.93. The van der Waals surface area contributed by atoms with Crippen LogP contribution in [0.3, 0.4) is 0 Å². The Morgan fingerprint density at radius 2 is 2.00 bits per heavy atom. The average molecular weight is 519 g/mol. The summed E-state index contributed by atoms with van der Waals surface area (Å²) in [6.45, 7) is 8.48. The molecule has 0 spiro atoms. The molecule has 2 aromatic rings. The Hall–Kier alpha value is -1.81. The Bertz CT molecular complexity index is 867. The van der Waals surface area contributed by atoms with Crippen LogP contribution in [0.2, 0.25) is 0 Å². The highest BCUT2D eigenvalue weighted by Gasteiger charge is 2.20. The molecule has 0 aliphatic rings. The van der Waals surface area contributed by atoms with E-state index in [-0.39, 0.29) is 11.9 Å². The van der Waals surface area contributed by atoms with Crippen LogP contribution in [0.15, 0.2) is 21.3 Å². The molecule has 0 radical (unpaired) electrons. The van der Waals surface area contributed by atoms with E-state index in [4.69, 9.17) is 10.5 Å². The quantitative estimate of drug-likeness (QED) is 0.563. The summed E-state index contributed by atoms with van der Waals surface area (Å²) in [5.74, 6) is -0.0594. The highest BCUT2D eigenvalue weighted by atomic mass is 79.9. The van der Waals surface area contributed by atoms with Crippen molar-refractivity contribution < 1.29 is 14.3 Å². The Morgan fingerprint density at radius 1 is 1.32 bits per heavy atom. The Balaban J connectivity index is 1.89. The number of ether oxygens (including phenoxy) is 1. The Labute approximate surface area is 181 Å². The predicted molar refractivity (Wildman–Crippen MR) is 114 cm³/mol. The fourth-order valence-corrected chi connectivity index (χ4v) is 3.56. The van der Waals surface area contributed by atoms with Crippen LogP contribution in [-0.4, -0.2) is 38.3 Å². The molecule has 0 saturated heterocycles. The topological polar surface area (TPSA) is 104 Å². The SMILES string of the molecule is CCn1c(C(=O)NCCCc2cn(C(=O)OC(C)(C)C)c(N)n2)cc(Br)c1Br. The monoisotopic (exact) mass is 517 g/mol. The van der Waals surface area contributed by atoms with Gasteiger partial charge in [-0.3, -0.25) is 4.79 Å². The van der Waals surface area contributed by atoms with Crippen molar-refractivity contribution in [2.24, 2.45) is 0 Å². The molecule has 2 heterocycles. The van der Waals surface area contributed by atoms with E-state index < -0.39 is 11.7 Å². The molecule has 0 atom stereocenters. The number of hydrogen-bond donors (Lipinski definition) is 2. The number of hydrogen-bond acceptors (Lipinski definition) is 5. The fourth-order valence-electron chi connectivity index (χ4n) is 2.57. The molecule has 154 valence electrons. The molecule has 10 heteroatoms. The van der Waals surface area contributed by atoms with Crippen molar-refractivity contribution in [3.8, 4) is 0 Å². The maximum atomic E-state index is 12.4. The molecule has 0 unspecified atom stereocenters. The van der Waals surface area contributed by atoms with Crippen LogP contribution < -0.4 is 11.1 Å². The van der Waals surface area contributed by atoms with Crippen molar-refractivity contribution in [2.45, 2.75) is 52.7 Å². The zero-order chi connectivity index (χ0) is 21.1. The van der Waals surface area contributed by atoms with E-state index >= 15 is 0 Å². The van der Waals surface area contributed by atoms with Gasteiger partial charge in [-0.1, -0.05) is 0 Å². The molecule has 0 bridgehead atoms. The van der Waals surface area contributed by atoms with E-state index in [9.17, 15) is 9.59 Å². The lowest BCUT2D eigenvalue weighted by molar-refractivity contribution is 0.0540. The summed E-state index contributed by atoms with van der Waals surface area (Å²) < 4.78 is 10.0. The third kappa shape index (κ3) is 5.60. The van der Waals surface area contributed by atoms with Gasteiger partial charge in [0.1, 0.15) is 11.3 Å². The van der Waals surface area contributed by atoms with Crippen LogP contribution in [0.4, 0.5) is 10.7 Å². The molecule has 8 nitrogen and oxygen atoms in total. The number of aryl methyl sites for hydroxylation is 1. The number of carbonyl (C=O) groups excluding carboxylic acids is 2. The summed E-state index contributed by atoms with van der Waals surface area (Å²) in [5, 5.41) is 2.90. The third-order valence-corrected chi connectivity index (χ3v) is 5.80. The van der Waals surface area contributed by atoms with Crippen molar-refractivity contribution in [1.29, 1.82) is 0 Å². The van der Waals surface area contributed by atoms with Crippen molar-refractivity contribution >= 4 is 49.8 Å². The van der Waals surface area contributed by atoms with Crippen LogP contribution in [0.25, 0.3) is 0 Å². The number of amides is 1. The Morgan fingerprint density at radius 3 is 2.61 bits per heavy atom. The molecule has 1 amide bonds. The first-order chi connectivity index (χ1) is 13.0. The molecule has 0 aliphatic carbocycles. The van der Waals surface area contributed by atoms with Crippen molar-refractivity contribution in [2.75, 3.05) is 12.3 Å². The fraction of sp³-hybridized carbons (Fsp3) is 0.500. The highest BCUT2D eigenvalue weighted by molar-refractivity contribution is 9.13. The van der Waals surface area contributed by atoms with E-state index in [0.29, 0.717) is 37.3 Å². The van der Waals surface area contributed by atoms with Crippen molar-refractivity contribution in [3.63, 3.8) is 0 Å². The first-order valence-corrected chi connectivity index (χ1v) is 10.5. The minimum Gasteiger partial charge on any atom is -0.443 e. The predicted octanol–water partition coefficient (Wildman–Crippen LogP) is 3.96. The van der Waals surface area contributed by atoms with E-state index in [0.717, 1.165) is 9.08 Å². The minimum atomic E-state index is -0.613. The van der Waals surface area contributed by atoms with Gasteiger partial charge < -0.3 is 20.4 Å². The van der Waals surface area contributed by atoms with Crippen LogP contribution in [0, 0.1) is 0 Å². The maximum absolute atomic E-state index is 12.4. The number of nitrogens with two attached hydrogens (primary N) is 1. The number of nitrogens with zero attached hydrogens (tertiary/aromatic N) is 3. The van der Waals surface area contributed by atoms with Crippen LogP contribution >= 0.6 is 31.9 Å². The number of carbonyl (C=O) groups is 2. The number of nitrogens with one attached hydrogen (secondary N) is 1. The molecule has 0 aliphatic heterocycles. The van der Waals surface area contributed by atoms with E-state index in [1.807, 2.05) is 11.5 Å². The number of nitrogen functional groups attached to an aromatic ring is 1. The lowest BCUT2D eigenvalue weighted by atomic mass is 10.2. The number of halogens is 2. The number of anilines is 1. The van der Waals surface area contributed by atoms with Gasteiger partial charge in [0.05, 0.1) is 14.8 Å². The van der Waals surface area contributed by atoms with Gasteiger partial charge in [0.2, 0.25) is 5.95 Å². The molecular weight excluding hydrogens is 494 g/mol. The average Bonchev–Trinajstić information content (AvgIpc) is 3.10. The van der Waals surface area contributed by atoms with Crippen LogP contribution in [-0.2, 0) is 17.7 Å². The molecule has 28 heavy (non-hydrogen) atoms. The summed E-state index contributed by atoms with van der Waals surface area (Å²) in [4.78, 5) is 28.7. The Kier molecular flexibility index (Phi) is 7.33. The van der Waals surface area contributed by atoms with Gasteiger partial charge in [-0.15, -0.1) is 0 Å². The second-order valence-electron chi connectivity index (χ2n) is 7.21. The van der Waals surface area contributed by atoms with Gasteiger partial charge >= 0.3 is 6.09 Å². The van der Waals surface area contributed by atoms with Crippen molar-refractivity contribution in [3.05, 3.63) is 32.7 Å². The largest absolute Gasteiger partial charge is 0.443 e. The standard InChI is InChI=1S/C18H25Br2N5O3/c1-5-24-13(9-12(19)14(24)20)15(26)22-8-6-7-11-10-25(16(21)23-11)17(27)28-18(2,3)4/h9-10H,5-8H2,1-4H3,(H2,21,23)(H,22,26). The van der Waals surface area contributed by atoms with Crippen LogP contribution in [0.5, 0.6) is 0 Å². The lowest BCUT2D eigenvalue weighted by Gasteiger charge is -2.19. The normalized spacial score (nSPS) is 11.5. The minimum absolute atomic E-state index is 0.0868. The molecule has 3 N–H and O–H groups in total. The maximum Gasteiger partial charge on any atom is 0.421 e. The molecule has 0 saturated carbocycles. The molecular formula is C18H25Br2N5O3. The third-order valence-electron chi connectivity index (χ3n) is 3.81. The molecule has 2 rings (SSSR count). The van der Waals surface area contributed by atoms with E-state index in [1.54, 1.807) is 33.0 Å². The van der Waals surface area contributed by atoms with Gasteiger partial charge in [0, 0.05) is 19.3 Å². The summed E-state index contributed by atoms with van der Waals surface area (Å²) in [5.41, 5.74) is 6.44. The van der Waals surface area contributed by atoms with Gasteiger partial charge in [0.25, 0.3) is 5.91 Å². The second kappa shape index (κ2) is 9.13. The summed E-state index contributed by atoms with van der Waals surface area (Å²) >= 11 is 6.88. The van der Waals surface area contributed by atoms with Gasteiger partial charge in [-0.05, 0) is 78.5 Å². The zero-order valence-electron chi connectivity index (χ0n) is 16.4. The van der Waals surface area contributed by atoms with Gasteiger partial charge in [0.15, 0.2) is 0 Å². The molecule has 0 aromatic carbocycles. The highest BCUT2D eigenvalue weighted by Crippen LogP contribution is 2.27. The summed E-state index contributed by atoms with van der Waals surface area (Å²) in [6, 6.07) is 1.78. The van der Waals surface area contributed by atoms with E-state index in [1.165, 1.54) is 4.57 Å². The number of aromatic nitrogens is 3. The number of imidazole rings is 1. The molecule has 2 aromatic heterocycles. The molecule has 0 fully saturated rings.